The van der Waals surface area contributed by atoms with E-state index in [-0.39, 0.29) is 4.90 Å². The van der Waals surface area contributed by atoms with Gasteiger partial charge in [0.15, 0.2) is 5.76 Å². The summed E-state index contributed by atoms with van der Waals surface area (Å²) in [6, 6.07) is 0. The summed E-state index contributed by atoms with van der Waals surface area (Å²) in [6.07, 6.45) is 3.19. The first-order chi connectivity index (χ1) is 9.00. The van der Waals surface area contributed by atoms with Gasteiger partial charge in [-0.15, -0.1) is 0 Å². The van der Waals surface area contributed by atoms with Gasteiger partial charge in [-0.3, -0.25) is 0 Å². The van der Waals surface area contributed by atoms with Crippen molar-refractivity contribution in [3.8, 4) is 0 Å². The molecule has 19 heavy (non-hydrogen) atoms. The summed E-state index contributed by atoms with van der Waals surface area (Å²) >= 11 is 0. The Hall–Kier alpha value is -0.920. The molecule has 0 amide bonds. The molecule has 2 rings (SSSR count). The highest BCUT2D eigenvalue weighted by Gasteiger charge is 2.23. The van der Waals surface area contributed by atoms with Crippen molar-refractivity contribution in [3.05, 3.63) is 11.5 Å². The number of aromatic nitrogens is 1. The molecule has 0 atom stereocenters. The first-order valence-corrected chi connectivity index (χ1v) is 7.99. The highest BCUT2D eigenvalue weighted by molar-refractivity contribution is 7.89. The minimum Gasteiger partial charge on any atom is -0.381 e. The fraction of sp³-hybridized carbons (Fsp3) is 0.750. The van der Waals surface area contributed by atoms with E-state index >= 15 is 0 Å². The largest absolute Gasteiger partial charge is 0.381 e. The van der Waals surface area contributed by atoms with Crippen molar-refractivity contribution >= 4 is 10.0 Å². The van der Waals surface area contributed by atoms with Crippen molar-refractivity contribution in [2.75, 3.05) is 19.8 Å². The number of sulfonamides is 1. The summed E-state index contributed by atoms with van der Waals surface area (Å²) in [5.41, 5.74) is 0.384. The van der Waals surface area contributed by atoms with Gasteiger partial charge in [-0.05, 0) is 39.0 Å². The van der Waals surface area contributed by atoms with Crippen molar-refractivity contribution < 1.29 is 17.7 Å². The van der Waals surface area contributed by atoms with E-state index < -0.39 is 10.0 Å². The summed E-state index contributed by atoms with van der Waals surface area (Å²) in [7, 11) is -3.53. The second-order valence-corrected chi connectivity index (χ2v) is 6.63. The average molecular weight is 288 g/mol. The number of nitrogens with zero attached hydrogens (tertiary/aromatic N) is 1. The summed E-state index contributed by atoms with van der Waals surface area (Å²) in [5, 5.41) is 3.65. The van der Waals surface area contributed by atoms with E-state index in [1.807, 2.05) is 0 Å². The second-order valence-electron chi connectivity index (χ2n) is 4.92. The van der Waals surface area contributed by atoms with E-state index in [4.69, 9.17) is 9.26 Å². The molecule has 0 spiro atoms. The van der Waals surface area contributed by atoms with Gasteiger partial charge in [0.1, 0.15) is 10.6 Å². The van der Waals surface area contributed by atoms with Crippen molar-refractivity contribution in [2.24, 2.45) is 5.92 Å². The maximum atomic E-state index is 12.0. The maximum absolute atomic E-state index is 12.0. The van der Waals surface area contributed by atoms with E-state index in [0.29, 0.717) is 31.0 Å². The van der Waals surface area contributed by atoms with Crippen LogP contribution in [0.2, 0.25) is 0 Å². The van der Waals surface area contributed by atoms with Gasteiger partial charge < -0.3 is 9.26 Å². The van der Waals surface area contributed by atoms with Crippen LogP contribution in [0.5, 0.6) is 0 Å². The number of rotatable bonds is 8. The molecule has 0 radical (unpaired) electrons. The lowest BCUT2D eigenvalue weighted by molar-refractivity contribution is 0.123. The van der Waals surface area contributed by atoms with Crippen molar-refractivity contribution in [1.29, 1.82) is 0 Å². The Labute approximate surface area is 113 Å². The molecule has 0 unspecified atom stereocenters. The lowest BCUT2D eigenvalue weighted by Gasteiger charge is -2.06. The van der Waals surface area contributed by atoms with Crippen molar-refractivity contribution in [1.82, 2.24) is 9.88 Å². The van der Waals surface area contributed by atoms with E-state index in [0.717, 1.165) is 12.5 Å². The fourth-order valence-electron chi connectivity index (χ4n) is 1.85. The molecular formula is C12H20N2O4S. The lowest BCUT2D eigenvalue weighted by atomic mass is 10.4. The van der Waals surface area contributed by atoms with Crippen LogP contribution in [-0.4, -0.2) is 33.3 Å². The molecular weight excluding hydrogens is 268 g/mol. The maximum Gasteiger partial charge on any atom is 0.245 e. The zero-order chi connectivity index (χ0) is 13.9. The highest BCUT2D eigenvalue weighted by atomic mass is 32.2. The van der Waals surface area contributed by atoms with Crippen LogP contribution < -0.4 is 4.72 Å². The molecule has 0 saturated heterocycles. The number of nitrogens with one attached hydrogen (secondary N) is 1. The SMILES string of the molecule is Cc1noc(C)c1S(=O)(=O)NCCCOCC1CC1. The van der Waals surface area contributed by atoms with Crippen LogP contribution in [-0.2, 0) is 14.8 Å². The summed E-state index contributed by atoms with van der Waals surface area (Å²) in [6.45, 7) is 4.95. The molecule has 6 nitrogen and oxygen atoms in total. The second kappa shape index (κ2) is 6.02. The predicted octanol–water partition coefficient (Wildman–Crippen LogP) is 1.39. The van der Waals surface area contributed by atoms with E-state index in [1.165, 1.54) is 12.8 Å². The standard InChI is InChI=1S/C12H20N2O4S/c1-9-12(10(2)18-14-9)19(15,16)13-6-3-7-17-8-11-4-5-11/h11,13H,3-8H2,1-2H3. The minimum absolute atomic E-state index is 0.145. The van der Waals surface area contributed by atoms with Crippen LogP contribution in [0.1, 0.15) is 30.7 Å². The number of ether oxygens (including phenoxy) is 1. The number of aryl methyl sites for hydroxylation is 2. The van der Waals surface area contributed by atoms with E-state index in [2.05, 4.69) is 9.88 Å². The third-order valence-electron chi connectivity index (χ3n) is 3.04. The van der Waals surface area contributed by atoms with E-state index in [9.17, 15) is 8.42 Å². The average Bonchev–Trinajstić information content (AvgIpc) is 3.09. The van der Waals surface area contributed by atoms with Gasteiger partial charge in [-0.25, -0.2) is 13.1 Å². The fourth-order valence-corrected chi connectivity index (χ4v) is 3.25. The van der Waals surface area contributed by atoms with Crippen LogP contribution >= 0.6 is 0 Å². The van der Waals surface area contributed by atoms with Crippen LogP contribution in [0, 0.1) is 19.8 Å². The molecule has 7 heteroatoms. The molecule has 1 aromatic heterocycles. The molecule has 1 aromatic rings. The molecule has 0 bridgehead atoms. The molecule has 1 N–H and O–H groups in total. The Morgan fingerprint density at radius 1 is 1.42 bits per heavy atom. The number of hydrogen-bond acceptors (Lipinski definition) is 5. The van der Waals surface area contributed by atoms with Crippen LogP contribution in [0.4, 0.5) is 0 Å². The van der Waals surface area contributed by atoms with Gasteiger partial charge in [0.05, 0.1) is 0 Å². The monoisotopic (exact) mass is 288 g/mol. The van der Waals surface area contributed by atoms with Crippen LogP contribution in [0.15, 0.2) is 9.42 Å². The molecule has 1 saturated carbocycles. The minimum atomic E-state index is -3.53. The molecule has 1 aliphatic rings. The quantitative estimate of drug-likeness (QED) is 0.731. The van der Waals surface area contributed by atoms with Gasteiger partial charge in [-0.1, -0.05) is 5.16 Å². The Bertz CT molecular complexity index is 500. The molecule has 0 aromatic carbocycles. The molecule has 1 heterocycles. The first kappa shape index (κ1) is 14.5. The molecule has 108 valence electrons. The van der Waals surface area contributed by atoms with Gasteiger partial charge in [0.2, 0.25) is 10.0 Å². The Morgan fingerprint density at radius 3 is 2.74 bits per heavy atom. The van der Waals surface area contributed by atoms with Gasteiger partial charge in [-0.2, -0.15) is 0 Å². The van der Waals surface area contributed by atoms with Gasteiger partial charge in [0.25, 0.3) is 0 Å². The topological polar surface area (TPSA) is 81.4 Å². The lowest BCUT2D eigenvalue weighted by Crippen LogP contribution is -2.26. The van der Waals surface area contributed by atoms with Gasteiger partial charge >= 0.3 is 0 Å². The summed E-state index contributed by atoms with van der Waals surface area (Å²) < 4.78 is 36.9. The molecule has 0 aliphatic heterocycles. The number of hydrogen-bond donors (Lipinski definition) is 1. The highest BCUT2D eigenvalue weighted by Crippen LogP contribution is 2.28. The predicted molar refractivity (Wildman–Crippen MR) is 69.3 cm³/mol. The molecule has 1 aliphatic carbocycles. The smallest absolute Gasteiger partial charge is 0.245 e. The normalized spacial score (nSPS) is 15.9. The van der Waals surface area contributed by atoms with Crippen LogP contribution in [0.25, 0.3) is 0 Å². The third-order valence-corrected chi connectivity index (χ3v) is 4.75. The Morgan fingerprint density at radius 2 is 2.16 bits per heavy atom. The molecule has 1 fully saturated rings. The third kappa shape index (κ3) is 4.02. The van der Waals surface area contributed by atoms with Crippen LogP contribution in [0.3, 0.4) is 0 Å². The van der Waals surface area contributed by atoms with Crippen molar-refractivity contribution in [3.63, 3.8) is 0 Å². The first-order valence-electron chi connectivity index (χ1n) is 6.51. The Balaban J connectivity index is 1.74. The zero-order valence-corrected chi connectivity index (χ0v) is 12.1. The summed E-state index contributed by atoms with van der Waals surface area (Å²) in [4.78, 5) is 0.145. The summed E-state index contributed by atoms with van der Waals surface area (Å²) in [5.74, 6) is 1.05. The van der Waals surface area contributed by atoms with Crippen molar-refractivity contribution in [2.45, 2.75) is 38.0 Å². The van der Waals surface area contributed by atoms with Gasteiger partial charge in [0, 0.05) is 19.8 Å². The van der Waals surface area contributed by atoms with E-state index in [1.54, 1.807) is 13.8 Å². The zero-order valence-electron chi connectivity index (χ0n) is 11.3. The Kier molecular flexibility index (Phi) is 4.59.